The molecule has 322 valence electrons. The molecule has 14 aromatic rings. The fraction of sp³-hybridized carbons (Fsp3) is 0. The molecular formula is C66H42N2O. The summed E-state index contributed by atoms with van der Waals surface area (Å²) < 4.78 is 8.88. The Balaban J connectivity index is 0.922. The molecule has 0 aliphatic heterocycles. The van der Waals surface area contributed by atoms with E-state index in [1.807, 2.05) is 6.07 Å². The van der Waals surface area contributed by atoms with Crippen molar-refractivity contribution in [2.45, 2.75) is 0 Å². The predicted octanol–water partition coefficient (Wildman–Crippen LogP) is 18.6. The van der Waals surface area contributed by atoms with Crippen molar-refractivity contribution in [3.8, 4) is 39.1 Å². The number of hydrogen-bond donors (Lipinski definition) is 0. The van der Waals surface area contributed by atoms with Gasteiger partial charge in [0.15, 0.2) is 0 Å². The van der Waals surface area contributed by atoms with Gasteiger partial charge in [-0.2, -0.15) is 0 Å². The number of rotatable bonds is 7. The molecule has 69 heavy (non-hydrogen) atoms. The zero-order valence-electron chi connectivity index (χ0n) is 37.6. The van der Waals surface area contributed by atoms with Crippen LogP contribution in [0.2, 0.25) is 0 Å². The molecule has 0 atom stereocenters. The highest BCUT2D eigenvalue weighted by molar-refractivity contribution is 6.26. The van der Waals surface area contributed by atoms with Gasteiger partial charge in [0.1, 0.15) is 11.2 Å². The Bertz CT molecular complexity index is 4240. The highest BCUT2D eigenvalue weighted by atomic mass is 16.3. The smallest absolute Gasteiger partial charge is 0.137 e. The lowest BCUT2D eigenvalue weighted by molar-refractivity contribution is 0.669. The fourth-order valence-corrected chi connectivity index (χ4v) is 10.9. The third-order valence-corrected chi connectivity index (χ3v) is 14.2. The third-order valence-electron chi connectivity index (χ3n) is 14.2. The number of hydrogen-bond acceptors (Lipinski definition) is 2. The summed E-state index contributed by atoms with van der Waals surface area (Å²) in [4.78, 5) is 2.36. The molecule has 0 radical (unpaired) electrons. The molecule has 0 aliphatic carbocycles. The van der Waals surface area contributed by atoms with Gasteiger partial charge in [-0.15, -0.1) is 0 Å². The van der Waals surface area contributed by atoms with E-state index in [4.69, 9.17) is 4.42 Å². The van der Waals surface area contributed by atoms with E-state index in [0.717, 1.165) is 55.8 Å². The normalized spacial score (nSPS) is 11.8. The molecule has 0 unspecified atom stereocenters. The molecule has 0 bridgehead atoms. The lowest BCUT2D eigenvalue weighted by atomic mass is 9.94. The molecule has 0 spiro atoms. The summed E-state index contributed by atoms with van der Waals surface area (Å²) in [6.07, 6.45) is 0. The first-order valence-electron chi connectivity index (χ1n) is 23.7. The third kappa shape index (κ3) is 6.36. The van der Waals surface area contributed by atoms with Crippen LogP contribution in [0, 0.1) is 0 Å². The van der Waals surface area contributed by atoms with Gasteiger partial charge in [-0.05, 0) is 145 Å². The Kier molecular flexibility index (Phi) is 8.90. The van der Waals surface area contributed by atoms with E-state index in [-0.39, 0.29) is 0 Å². The van der Waals surface area contributed by atoms with Crippen molar-refractivity contribution in [2.75, 3.05) is 4.90 Å². The molecule has 3 heteroatoms. The standard InChI is InChI=1S/C66H42N2O/c1-3-14-43(15-4-1)45-26-32-49(33-27-45)67(63-23-13-25-65-66(63)57-22-11-12-24-64(57)69-65)50-34-28-46(29-35-50)48-31-39-62-60(41-48)59-40-47(44-16-5-2-6-17-44)30-38-61(59)68(62)51-36-37-56-54-20-8-7-18-52(54)53-19-9-10-21-55(53)58(56)42-51/h1-42H. The van der Waals surface area contributed by atoms with Crippen LogP contribution < -0.4 is 4.90 Å². The van der Waals surface area contributed by atoms with Crippen molar-refractivity contribution in [3.63, 3.8) is 0 Å². The maximum Gasteiger partial charge on any atom is 0.137 e. The zero-order chi connectivity index (χ0) is 45.4. The molecule has 14 rings (SSSR count). The summed E-state index contributed by atoms with van der Waals surface area (Å²) >= 11 is 0. The molecule has 0 aliphatic rings. The number of benzene rings is 12. The van der Waals surface area contributed by atoms with Crippen molar-refractivity contribution in [3.05, 3.63) is 255 Å². The number of fused-ring (bicyclic) bond motifs is 12. The van der Waals surface area contributed by atoms with E-state index in [1.54, 1.807) is 0 Å². The van der Waals surface area contributed by atoms with Gasteiger partial charge in [0, 0.05) is 33.2 Å². The zero-order valence-corrected chi connectivity index (χ0v) is 37.6. The topological polar surface area (TPSA) is 21.3 Å². The summed E-state index contributed by atoms with van der Waals surface area (Å²) in [5.41, 5.74) is 15.5. The number of anilines is 3. The lowest BCUT2D eigenvalue weighted by Crippen LogP contribution is -2.10. The second-order valence-electron chi connectivity index (χ2n) is 18.0. The van der Waals surface area contributed by atoms with Gasteiger partial charge < -0.3 is 13.9 Å². The van der Waals surface area contributed by atoms with Crippen LogP contribution in [-0.2, 0) is 0 Å². The summed E-state index contributed by atoms with van der Waals surface area (Å²) in [6, 6.07) is 92.5. The van der Waals surface area contributed by atoms with Gasteiger partial charge in [-0.1, -0.05) is 176 Å². The summed E-state index contributed by atoms with van der Waals surface area (Å²) in [7, 11) is 0. The van der Waals surface area contributed by atoms with Crippen molar-refractivity contribution in [1.82, 2.24) is 4.57 Å². The first-order chi connectivity index (χ1) is 34.2. The van der Waals surface area contributed by atoms with Gasteiger partial charge in [0.05, 0.1) is 22.1 Å². The Morgan fingerprint density at radius 2 is 0.710 bits per heavy atom. The lowest BCUT2D eigenvalue weighted by Gasteiger charge is -2.26. The van der Waals surface area contributed by atoms with E-state index in [1.165, 1.54) is 76.4 Å². The van der Waals surface area contributed by atoms with E-state index in [9.17, 15) is 0 Å². The number of nitrogens with zero attached hydrogens (tertiary/aromatic N) is 2. The van der Waals surface area contributed by atoms with E-state index < -0.39 is 0 Å². The van der Waals surface area contributed by atoms with Crippen molar-refractivity contribution < 1.29 is 4.42 Å². The molecule has 12 aromatic carbocycles. The van der Waals surface area contributed by atoms with Crippen LogP contribution in [0.3, 0.4) is 0 Å². The van der Waals surface area contributed by atoms with E-state index in [2.05, 4.69) is 258 Å². The van der Waals surface area contributed by atoms with Crippen molar-refractivity contribution >= 4 is 93.1 Å². The fourth-order valence-electron chi connectivity index (χ4n) is 10.9. The van der Waals surface area contributed by atoms with Crippen LogP contribution in [0.15, 0.2) is 259 Å². The molecular weight excluding hydrogens is 837 g/mol. The minimum absolute atomic E-state index is 0.865. The molecule has 0 saturated heterocycles. The number of para-hydroxylation sites is 1. The molecule has 0 fully saturated rings. The van der Waals surface area contributed by atoms with Crippen molar-refractivity contribution in [1.29, 1.82) is 0 Å². The molecule has 0 amide bonds. The van der Waals surface area contributed by atoms with Gasteiger partial charge in [-0.3, -0.25) is 0 Å². The van der Waals surface area contributed by atoms with Crippen LogP contribution in [0.4, 0.5) is 17.1 Å². The largest absolute Gasteiger partial charge is 0.456 e. The summed E-state index contributed by atoms with van der Waals surface area (Å²) in [6.45, 7) is 0. The Labute approximate surface area is 399 Å². The number of furan rings is 1. The maximum absolute atomic E-state index is 6.42. The first kappa shape index (κ1) is 39.0. The highest BCUT2D eigenvalue weighted by Crippen LogP contribution is 2.45. The minimum Gasteiger partial charge on any atom is -0.456 e. The highest BCUT2D eigenvalue weighted by Gasteiger charge is 2.21. The van der Waals surface area contributed by atoms with Gasteiger partial charge >= 0.3 is 0 Å². The number of aromatic nitrogens is 1. The average molecular weight is 879 g/mol. The van der Waals surface area contributed by atoms with E-state index in [0.29, 0.717) is 0 Å². The van der Waals surface area contributed by atoms with Crippen LogP contribution in [-0.4, -0.2) is 4.57 Å². The van der Waals surface area contributed by atoms with Gasteiger partial charge in [-0.25, -0.2) is 0 Å². The second-order valence-corrected chi connectivity index (χ2v) is 18.0. The maximum atomic E-state index is 6.42. The average Bonchev–Trinajstić information content (AvgIpc) is 3.97. The molecule has 0 saturated carbocycles. The van der Waals surface area contributed by atoms with Gasteiger partial charge in [0.25, 0.3) is 0 Å². The Hall–Kier alpha value is -9.18. The first-order valence-corrected chi connectivity index (χ1v) is 23.7. The SMILES string of the molecule is c1ccc(-c2ccc(N(c3ccc(-c4ccc5c(c4)c4cc(-c6ccccc6)ccc4n5-c4ccc5c6ccccc6c6ccccc6c5c4)cc3)c3cccc4oc5ccccc5c34)cc2)cc1. The Morgan fingerprint density at radius 3 is 1.29 bits per heavy atom. The van der Waals surface area contributed by atoms with E-state index >= 15 is 0 Å². The molecule has 0 N–H and O–H groups in total. The monoisotopic (exact) mass is 878 g/mol. The molecule has 2 heterocycles. The predicted molar refractivity (Wildman–Crippen MR) is 292 cm³/mol. The minimum atomic E-state index is 0.865. The van der Waals surface area contributed by atoms with Crippen LogP contribution in [0.25, 0.3) is 115 Å². The van der Waals surface area contributed by atoms with Crippen LogP contribution >= 0.6 is 0 Å². The van der Waals surface area contributed by atoms with Crippen molar-refractivity contribution in [2.24, 2.45) is 0 Å². The summed E-state index contributed by atoms with van der Waals surface area (Å²) in [5.74, 6) is 0. The quantitative estimate of drug-likeness (QED) is 0.149. The second kappa shape index (κ2) is 15.7. The summed E-state index contributed by atoms with van der Waals surface area (Å²) in [5, 5.41) is 12.3. The molecule has 2 aromatic heterocycles. The molecule has 3 nitrogen and oxygen atoms in total. The Morgan fingerprint density at radius 1 is 0.275 bits per heavy atom. The van der Waals surface area contributed by atoms with Crippen LogP contribution in [0.1, 0.15) is 0 Å². The van der Waals surface area contributed by atoms with Gasteiger partial charge in [0.2, 0.25) is 0 Å². The van der Waals surface area contributed by atoms with Crippen LogP contribution in [0.5, 0.6) is 0 Å².